The molecule has 7 heteroatoms. The topological polar surface area (TPSA) is 110 Å². The van der Waals surface area contributed by atoms with E-state index in [1.54, 1.807) is 18.2 Å². The second kappa shape index (κ2) is 6.17. The third-order valence-electron chi connectivity index (χ3n) is 3.23. The molecule has 0 fully saturated rings. The van der Waals surface area contributed by atoms with Crippen LogP contribution in [0.2, 0.25) is 0 Å². The first-order valence-corrected chi connectivity index (χ1v) is 6.39. The molecule has 1 aromatic carbocycles. The first-order valence-electron chi connectivity index (χ1n) is 6.39. The average molecular weight is 290 g/mol. The standard InChI is InChI=1S/C14H14N2O5/c17-13(15-11-5-4-10(8-11)14(18)19)7-9-2-1-3-12(6-9)16(20)21/h1-6,10-11H,7-8H2,(H,15,17)(H,18,19). The minimum atomic E-state index is -0.915. The van der Waals surface area contributed by atoms with E-state index in [1.165, 1.54) is 18.2 Å². The molecule has 1 aliphatic carbocycles. The summed E-state index contributed by atoms with van der Waals surface area (Å²) in [6, 6.07) is 5.56. The summed E-state index contributed by atoms with van der Waals surface area (Å²) in [5.41, 5.74) is 0.477. The van der Waals surface area contributed by atoms with E-state index in [1.807, 2.05) is 0 Å². The van der Waals surface area contributed by atoms with E-state index in [0.717, 1.165) is 0 Å². The van der Waals surface area contributed by atoms with Crippen LogP contribution in [0.15, 0.2) is 36.4 Å². The molecule has 2 atom stereocenters. The molecule has 0 bridgehead atoms. The maximum Gasteiger partial charge on any atom is 0.310 e. The highest BCUT2D eigenvalue weighted by molar-refractivity contribution is 5.80. The van der Waals surface area contributed by atoms with Gasteiger partial charge in [0.1, 0.15) is 0 Å². The van der Waals surface area contributed by atoms with Gasteiger partial charge in [0.15, 0.2) is 0 Å². The molecule has 1 amide bonds. The normalized spacial score (nSPS) is 20.2. The van der Waals surface area contributed by atoms with E-state index in [0.29, 0.717) is 12.0 Å². The molecule has 110 valence electrons. The molecule has 1 aliphatic rings. The second-order valence-electron chi connectivity index (χ2n) is 4.84. The van der Waals surface area contributed by atoms with Crippen molar-refractivity contribution in [3.8, 4) is 0 Å². The van der Waals surface area contributed by atoms with E-state index in [4.69, 9.17) is 5.11 Å². The van der Waals surface area contributed by atoms with Gasteiger partial charge in [0, 0.05) is 18.2 Å². The van der Waals surface area contributed by atoms with Gasteiger partial charge in [-0.05, 0) is 12.0 Å². The number of amides is 1. The van der Waals surface area contributed by atoms with Crippen LogP contribution >= 0.6 is 0 Å². The Bertz CT molecular complexity index is 611. The Balaban J connectivity index is 1.91. The maximum atomic E-state index is 11.9. The third kappa shape index (κ3) is 3.88. The third-order valence-corrected chi connectivity index (χ3v) is 3.23. The van der Waals surface area contributed by atoms with Crippen molar-refractivity contribution in [2.75, 3.05) is 0 Å². The molecular weight excluding hydrogens is 276 g/mol. The molecule has 0 aromatic heterocycles. The molecule has 21 heavy (non-hydrogen) atoms. The monoisotopic (exact) mass is 290 g/mol. The fraction of sp³-hybridized carbons (Fsp3) is 0.286. The fourth-order valence-corrected chi connectivity index (χ4v) is 2.21. The SMILES string of the molecule is O=C(Cc1cccc([N+](=O)[O-])c1)NC1C=CC(C(=O)O)C1. The number of carboxylic acid groups (broad SMARTS) is 1. The van der Waals surface area contributed by atoms with E-state index < -0.39 is 16.8 Å². The number of rotatable bonds is 5. The molecule has 0 aliphatic heterocycles. The number of benzene rings is 1. The van der Waals surface area contributed by atoms with Crippen LogP contribution in [0.5, 0.6) is 0 Å². The van der Waals surface area contributed by atoms with Crippen molar-refractivity contribution in [1.29, 1.82) is 0 Å². The number of carboxylic acids is 1. The Morgan fingerprint density at radius 2 is 2.14 bits per heavy atom. The van der Waals surface area contributed by atoms with Gasteiger partial charge in [-0.1, -0.05) is 24.3 Å². The van der Waals surface area contributed by atoms with Crippen molar-refractivity contribution < 1.29 is 19.6 Å². The molecular formula is C14H14N2O5. The number of nitrogens with one attached hydrogen (secondary N) is 1. The summed E-state index contributed by atoms with van der Waals surface area (Å²) in [7, 11) is 0. The van der Waals surface area contributed by atoms with Crippen molar-refractivity contribution in [2.45, 2.75) is 18.9 Å². The van der Waals surface area contributed by atoms with Crippen LogP contribution in [0.3, 0.4) is 0 Å². The number of nitro benzene ring substituents is 1. The predicted octanol–water partition coefficient (Wildman–Crippen LogP) is 1.28. The van der Waals surface area contributed by atoms with Crippen LogP contribution in [0, 0.1) is 16.0 Å². The Hall–Kier alpha value is -2.70. The highest BCUT2D eigenvalue weighted by atomic mass is 16.6. The second-order valence-corrected chi connectivity index (χ2v) is 4.84. The first-order chi connectivity index (χ1) is 9.95. The van der Waals surface area contributed by atoms with Crippen molar-refractivity contribution in [1.82, 2.24) is 5.32 Å². The summed E-state index contributed by atoms with van der Waals surface area (Å²) in [6.45, 7) is 0. The molecule has 0 saturated carbocycles. The number of hydrogen-bond donors (Lipinski definition) is 2. The smallest absolute Gasteiger partial charge is 0.310 e. The number of non-ortho nitro benzene ring substituents is 1. The predicted molar refractivity (Wildman–Crippen MR) is 73.6 cm³/mol. The van der Waals surface area contributed by atoms with Gasteiger partial charge >= 0.3 is 5.97 Å². The van der Waals surface area contributed by atoms with Gasteiger partial charge in [0.05, 0.1) is 17.3 Å². The van der Waals surface area contributed by atoms with Crippen LogP contribution in [0.4, 0.5) is 5.69 Å². The number of aliphatic carboxylic acids is 1. The van der Waals surface area contributed by atoms with Crippen molar-refractivity contribution >= 4 is 17.6 Å². The van der Waals surface area contributed by atoms with Gasteiger partial charge in [-0.2, -0.15) is 0 Å². The summed E-state index contributed by atoms with van der Waals surface area (Å²) in [5, 5.41) is 22.2. The zero-order valence-electron chi connectivity index (χ0n) is 11.1. The van der Waals surface area contributed by atoms with E-state index in [9.17, 15) is 19.7 Å². The summed E-state index contributed by atoms with van der Waals surface area (Å²) >= 11 is 0. The summed E-state index contributed by atoms with van der Waals surface area (Å²) in [6.07, 6.45) is 3.56. The lowest BCUT2D eigenvalue weighted by Crippen LogP contribution is -2.34. The van der Waals surface area contributed by atoms with Crippen molar-refractivity contribution in [3.63, 3.8) is 0 Å². The number of nitro groups is 1. The lowest BCUT2D eigenvalue weighted by atomic mass is 10.1. The van der Waals surface area contributed by atoms with Crippen LogP contribution in [0.25, 0.3) is 0 Å². The van der Waals surface area contributed by atoms with E-state index in [-0.39, 0.29) is 24.1 Å². The lowest BCUT2D eigenvalue weighted by Gasteiger charge is -2.12. The average Bonchev–Trinajstić information content (AvgIpc) is 2.87. The number of carbonyl (C=O) groups is 2. The minimum absolute atomic E-state index is 0.0176. The highest BCUT2D eigenvalue weighted by Gasteiger charge is 2.25. The minimum Gasteiger partial charge on any atom is -0.481 e. The first kappa shape index (κ1) is 14.7. The van der Waals surface area contributed by atoms with Crippen molar-refractivity contribution in [3.05, 3.63) is 52.1 Å². The summed E-state index contributed by atoms with van der Waals surface area (Å²) in [5.74, 6) is -1.79. The molecule has 0 heterocycles. The number of hydrogen-bond acceptors (Lipinski definition) is 4. The van der Waals surface area contributed by atoms with Crippen LogP contribution in [-0.2, 0) is 16.0 Å². The number of carbonyl (C=O) groups excluding carboxylic acids is 1. The molecule has 2 unspecified atom stereocenters. The zero-order chi connectivity index (χ0) is 15.4. The van der Waals surface area contributed by atoms with E-state index >= 15 is 0 Å². The fourth-order valence-electron chi connectivity index (χ4n) is 2.21. The molecule has 2 rings (SSSR count). The largest absolute Gasteiger partial charge is 0.481 e. The Morgan fingerprint density at radius 1 is 1.38 bits per heavy atom. The van der Waals surface area contributed by atoms with Crippen LogP contribution in [-0.4, -0.2) is 27.9 Å². The summed E-state index contributed by atoms with van der Waals surface area (Å²) in [4.78, 5) is 32.8. The molecule has 0 radical (unpaired) electrons. The van der Waals surface area contributed by atoms with Gasteiger partial charge < -0.3 is 10.4 Å². The zero-order valence-corrected chi connectivity index (χ0v) is 11.1. The van der Waals surface area contributed by atoms with Crippen LogP contribution in [0.1, 0.15) is 12.0 Å². The van der Waals surface area contributed by atoms with Gasteiger partial charge in [-0.3, -0.25) is 19.7 Å². The Labute approximate surface area is 120 Å². The molecule has 0 saturated heterocycles. The molecule has 7 nitrogen and oxygen atoms in total. The van der Waals surface area contributed by atoms with Gasteiger partial charge in [0.2, 0.25) is 5.91 Å². The van der Waals surface area contributed by atoms with Gasteiger partial charge in [0.25, 0.3) is 5.69 Å². The molecule has 1 aromatic rings. The number of nitrogens with zero attached hydrogens (tertiary/aromatic N) is 1. The van der Waals surface area contributed by atoms with Crippen LogP contribution < -0.4 is 5.32 Å². The van der Waals surface area contributed by atoms with E-state index in [2.05, 4.69) is 5.32 Å². The van der Waals surface area contributed by atoms with Gasteiger partial charge in [-0.25, -0.2) is 0 Å². The molecule has 2 N–H and O–H groups in total. The lowest BCUT2D eigenvalue weighted by molar-refractivity contribution is -0.384. The maximum absolute atomic E-state index is 11.9. The Kier molecular flexibility index (Phi) is 4.32. The molecule has 0 spiro atoms. The summed E-state index contributed by atoms with van der Waals surface area (Å²) < 4.78 is 0. The van der Waals surface area contributed by atoms with Gasteiger partial charge in [-0.15, -0.1) is 0 Å². The Morgan fingerprint density at radius 3 is 2.76 bits per heavy atom. The van der Waals surface area contributed by atoms with Crippen molar-refractivity contribution in [2.24, 2.45) is 5.92 Å². The quantitative estimate of drug-likeness (QED) is 0.482. The highest BCUT2D eigenvalue weighted by Crippen LogP contribution is 2.18.